The zero-order chi connectivity index (χ0) is 40.7. The number of phosphoric ester groups is 1. The first-order valence-electron chi connectivity index (χ1n) is 22.7. The topological polar surface area (TPSA) is 66.5 Å². The molecule has 0 saturated heterocycles. The molecule has 0 amide bonds. The highest BCUT2D eigenvalue weighted by molar-refractivity contribution is 7.48. The maximum absolute atomic E-state index is 14.4. The van der Waals surface area contributed by atoms with Crippen LogP contribution in [0.25, 0.3) is 0 Å². The standard InChI is InChI=1S/C51H55NO6P2/c1-24(2)52(25(3)4)59(54-5)57-50-46-42-22-44(40-20-36-32-16-30(34(36)18-38(40)42)26-12-8-10-14-28(26)32)48(46)51(58-60(53,55-6)56-7)49-45-23-43(47(49)50)39-19-35-31-17-33(37(35)21-41(39)45)29-15-11-9-13-27(29)31/h8,10,12,14-15,18-21,24-25,27,30-33,42-45H,9,11,13,16-17,22-23H2,1-7H3/t27?,30-,31?,32?,33?,42?,43?,44?,45?,59?/m1/s1. The zero-order valence-electron chi connectivity index (χ0n) is 35.8. The Morgan fingerprint density at radius 1 is 0.600 bits per heavy atom. The van der Waals surface area contributed by atoms with Gasteiger partial charge in [0.05, 0.1) is 0 Å². The fraction of sp³-hybridized carbons (Fsp3) is 0.490. The van der Waals surface area contributed by atoms with Gasteiger partial charge in [-0.05, 0) is 140 Å². The first kappa shape index (κ1) is 37.3. The molecule has 0 spiro atoms. The van der Waals surface area contributed by atoms with Gasteiger partial charge in [0.25, 0.3) is 0 Å². The summed E-state index contributed by atoms with van der Waals surface area (Å²) in [4.78, 5) is 0. The minimum absolute atomic E-state index is 0.0779. The van der Waals surface area contributed by atoms with Crippen LogP contribution in [0.3, 0.4) is 0 Å². The average Bonchev–Trinajstić information content (AvgIpc) is 4.14. The molecule has 9 aliphatic carbocycles. The smallest absolute Gasteiger partial charge is 0.435 e. The van der Waals surface area contributed by atoms with E-state index in [4.69, 9.17) is 22.6 Å². The normalized spacial score (nSPS) is 30.0. The van der Waals surface area contributed by atoms with Crippen molar-refractivity contribution in [3.8, 4) is 11.5 Å². The number of nitrogens with zero attached hydrogens (tertiary/aromatic N) is 1. The van der Waals surface area contributed by atoms with Gasteiger partial charge in [0.1, 0.15) is 11.5 Å². The van der Waals surface area contributed by atoms with Crippen molar-refractivity contribution in [3.05, 3.63) is 138 Å². The summed E-state index contributed by atoms with van der Waals surface area (Å²) in [5.74, 6) is 4.92. The van der Waals surface area contributed by atoms with Gasteiger partial charge >= 0.3 is 16.3 Å². The summed E-state index contributed by atoms with van der Waals surface area (Å²) in [5, 5.41) is 0. The summed E-state index contributed by atoms with van der Waals surface area (Å²) in [7, 11) is -0.727. The van der Waals surface area contributed by atoms with Gasteiger partial charge in [0.2, 0.25) is 0 Å². The molecule has 9 heteroatoms. The van der Waals surface area contributed by atoms with Crippen LogP contribution in [0.2, 0.25) is 0 Å². The second-order valence-corrected chi connectivity index (χ2v) is 23.1. The van der Waals surface area contributed by atoms with E-state index in [1.165, 1.54) is 95.5 Å². The molecule has 0 aromatic heterocycles. The molecule has 0 radical (unpaired) electrons. The van der Waals surface area contributed by atoms with E-state index < -0.39 is 16.3 Å². The van der Waals surface area contributed by atoms with E-state index in [0.29, 0.717) is 35.3 Å². The SMILES string of the molecule is COP(Oc1c2c(c(OP(=O)(OC)OC)c3c1C1CC3c3cc4c(cc31)[C@@H]1CC4c3ccccc31)C1CC2c2cc3c(cc21)C1CC3C2CCCC=C12)N(C(C)C)C(C)C. The highest BCUT2D eigenvalue weighted by atomic mass is 31.2. The quantitative estimate of drug-likeness (QED) is 0.116. The summed E-state index contributed by atoms with van der Waals surface area (Å²) in [5.41, 5.74) is 21.2. The van der Waals surface area contributed by atoms with Crippen LogP contribution in [0.15, 0.2) is 60.2 Å². The van der Waals surface area contributed by atoms with E-state index >= 15 is 0 Å². The molecule has 8 bridgehead atoms. The lowest BCUT2D eigenvalue weighted by atomic mass is 9.72. The second kappa shape index (κ2) is 12.9. The molecule has 10 atom stereocenters. The first-order chi connectivity index (χ1) is 29.1. The lowest BCUT2D eigenvalue weighted by Gasteiger charge is -2.38. The highest BCUT2D eigenvalue weighted by Gasteiger charge is 2.57. The van der Waals surface area contributed by atoms with Crippen LogP contribution < -0.4 is 9.05 Å². The number of benzene rings is 4. The van der Waals surface area contributed by atoms with E-state index in [1.807, 2.05) is 0 Å². The Hall–Kier alpha value is -3.28. The Morgan fingerprint density at radius 3 is 1.60 bits per heavy atom. The Kier molecular flexibility index (Phi) is 8.02. The molecule has 0 N–H and O–H groups in total. The van der Waals surface area contributed by atoms with E-state index in [-0.39, 0.29) is 35.8 Å². The molecule has 4 aromatic carbocycles. The number of fused-ring (bicyclic) bond motifs is 32. The minimum Gasteiger partial charge on any atom is -0.435 e. The Bertz CT molecular complexity index is 2630. The number of rotatable bonds is 10. The van der Waals surface area contributed by atoms with Crippen molar-refractivity contribution in [2.24, 2.45) is 5.92 Å². The number of hydrogen-bond donors (Lipinski definition) is 0. The van der Waals surface area contributed by atoms with Crippen LogP contribution in [0.5, 0.6) is 11.5 Å². The van der Waals surface area contributed by atoms with Gasteiger partial charge in [-0.25, -0.2) is 9.24 Å². The molecule has 13 rings (SSSR count). The molecule has 1 saturated carbocycles. The van der Waals surface area contributed by atoms with Gasteiger partial charge < -0.3 is 13.6 Å². The van der Waals surface area contributed by atoms with Gasteiger partial charge in [-0.15, -0.1) is 0 Å². The number of allylic oxidation sites excluding steroid dienone is 2. The van der Waals surface area contributed by atoms with E-state index in [1.54, 1.807) is 23.8 Å². The molecule has 1 fully saturated rings. The summed E-state index contributed by atoms with van der Waals surface area (Å²) in [6.45, 7) is 8.95. The van der Waals surface area contributed by atoms with Gasteiger partial charge in [-0.3, -0.25) is 9.05 Å². The molecule has 0 aliphatic heterocycles. The third-order valence-electron chi connectivity index (χ3n) is 16.8. The van der Waals surface area contributed by atoms with Crippen LogP contribution in [0.4, 0.5) is 0 Å². The number of hydrogen-bond acceptors (Lipinski definition) is 7. The van der Waals surface area contributed by atoms with Gasteiger partial charge in [-0.1, -0.05) is 60.2 Å². The van der Waals surface area contributed by atoms with E-state index in [0.717, 1.165) is 36.1 Å². The fourth-order valence-electron chi connectivity index (χ4n) is 14.9. The molecule has 310 valence electrons. The zero-order valence-corrected chi connectivity index (χ0v) is 37.6. The largest absolute Gasteiger partial charge is 0.529 e. The lowest BCUT2D eigenvalue weighted by Crippen LogP contribution is -2.34. The predicted molar refractivity (Wildman–Crippen MR) is 235 cm³/mol. The average molecular weight is 840 g/mol. The van der Waals surface area contributed by atoms with Gasteiger partial charge in [0, 0.05) is 97.1 Å². The van der Waals surface area contributed by atoms with Crippen LogP contribution in [0, 0.1) is 5.92 Å². The summed E-state index contributed by atoms with van der Waals surface area (Å²) < 4.78 is 48.9. The molecular weight excluding hydrogens is 785 g/mol. The molecule has 9 unspecified atom stereocenters. The minimum atomic E-state index is -3.95. The number of phosphoric acid groups is 1. The van der Waals surface area contributed by atoms with Crippen molar-refractivity contribution in [1.29, 1.82) is 0 Å². The Labute approximate surface area is 355 Å². The van der Waals surface area contributed by atoms with Crippen molar-refractivity contribution in [3.63, 3.8) is 0 Å². The van der Waals surface area contributed by atoms with Crippen molar-refractivity contribution < 1.29 is 27.2 Å². The lowest BCUT2D eigenvalue weighted by molar-refractivity contribution is 0.209. The van der Waals surface area contributed by atoms with Crippen LogP contribution in [-0.4, -0.2) is 38.1 Å². The van der Waals surface area contributed by atoms with Crippen molar-refractivity contribution in [1.82, 2.24) is 4.67 Å². The molecule has 60 heavy (non-hydrogen) atoms. The molecule has 7 nitrogen and oxygen atoms in total. The van der Waals surface area contributed by atoms with Crippen LogP contribution in [-0.2, 0) is 18.1 Å². The van der Waals surface area contributed by atoms with Gasteiger partial charge in [0.15, 0.2) is 0 Å². The first-order valence-corrected chi connectivity index (χ1v) is 25.3. The van der Waals surface area contributed by atoms with E-state index in [9.17, 15) is 4.57 Å². The Morgan fingerprint density at radius 2 is 1.08 bits per heavy atom. The summed E-state index contributed by atoms with van der Waals surface area (Å²) in [6.07, 6.45) is 10.8. The Balaban J connectivity index is 1.03. The van der Waals surface area contributed by atoms with Crippen molar-refractivity contribution in [2.45, 2.75) is 132 Å². The maximum Gasteiger partial charge on any atom is 0.529 e. The molecule has 0 heterocycles. The molecule has 9 aliphatic rings. The summed E-state index contributed by atoms with van der Waals surface area (Å²) in [6, 6.07) is 19.9. The third kappa shape index (κ3) is 4.68. The predicted octanol–water partition coefficient (Wildman–Crippen LogP) is 13.1. The highest BCUT2D eigenvalue weighted by Crippen LogP contribution is 2.74. The second-order valence-electron chi connectivity index (χ2n) is 19.8. The fourth-order valence-corrected chi connectivity index (χ4v) is 17.1. The maximum atomic E-state index is 14.4. The van der Waals surface area contributed by atoms with Crippen molar-refractivity contribution in [2.75, 3.05) is 21.3 Å². The van der Waals surface area contributed by atoms with Crippen molar-refractivity contribution >= 4 is 16.3 Å². The molecular formula is C51H55NO6P2. The van der Waals surface area contributed by atoms with Crippen LogP contribution >= 0.6 is 16.3 Å². The molecule has 4 aromatic rings. The van der Waals surface area contributed by atoms with Gasteiger partial charge in [-0.2, -0.15) is 0 Å². The third-order valence-corrected chi connectivity index (χ3v) is 20.1. The summed E-state index contributed by atoms with van der Waals surface area (Å²) >= 11 is 0. The van der Waals surface area contributed by atoms with E-state index in [2.05, 4.69) is 87.0 Å². The van der Waals surface area contributed by atoms with Crippen LogP contribution in [0.1, 0.15) is 198 Å². The monoisotopic (exact) mass is 839 g/mol.